The van der Waals surface area contributed by atoms with Gasteiger partial charge in [-0.1, -0.05) is 91.9 Å². The Morgan fingerprint density at radius 3 is 1.18 bits per heavy atom. The van der Waals surface area contributed by atoms with Crippen molar-refractivity contribution in [2.24, 2.45) is 0 Å². The Morgan fingerprint density at radius 1 is 0.515 bits per heavy atom. The first-order valence-corrected chi connectivity index (χ1v) is 24.0. The number of para-hydroxylation sites is 2. The summed E-state index contributed by atoms with van der Waals surface area (Å²) in [4.78, 5) is 36.5. The van der Waals surface area contributed by atoms with Gasteiger partial charge in [-0.25, -0.2) is 4.79 Å². The van der Waals surface area contributed by atoms with Crippen molar-refractivity contribution in [3.8, 4) is 48.4 Å². The fourth-order valence-electron chi connectivity index (χ4n) is 5.93. The smallest absolute Gasteiger partial charge is 0.384 e. The molecule has 6 rings (SSSR count). The van der Waals surface area contributed by atoms with E-state index in [0.717, 1.165) is 61.5 Å². The van der Waals surface area contributed by atoms with Crippen LogP contribution in [0.5, 0.6) is 0 Å². The monoisotopic (exact) mass is 1030 g/mol. The molecule has 0 aliphatic rings. The number of alkyl halides is 2. The van der Waals surface area contributed by atoms with Crippen molar-refractivity contribution < 1.29 is 25.2 Å². The van der Waals surface area contributed by atoms with Crippen LogP contribution < -0.4 is 9.80 Å². The quantitative estimate of drug-likeness (QED) is 0.0466. The predicted octanol–water partition coefficient (Wildman–Crippen LogP) is 14.0. The number of carbonyl (C=O) groups is 3. The largest absolute Gasteiger partial charge is 0.466 e. The van der Waals surface area contributed by atoms with Crippen molar-refractivity contribution in [3.05, 3.63) is 180 Å². The summed E-state index contributed by atoms with van der Waals surface area (Å²) in [6.07, 6.45) is 14.7. The van der Waals surface area contributed by atoms with Gasteiger partial charge in [0.25, 0.3) is 0 Å². The molecular formula is C59H56Br2N2O5. The number of benzene rings is 6. The molecule has 68 heavy (non-hydrogen) atoms. The van der Waals surface area contributed by atoms with Gasteiger partial charge < -0.3 is 24.1 Å². The van der Waals surface area contributed by atoms with E-state index in [2.05, 4.69) is 101 Å². The van der Waals surface area contributed by atoms with E-state index in [0.29, 0.717) is 25.0 Å². The molecule has 0 aromatic heterocycles. The van der Waals surface area contributed by atoms with E-state index in [1.807, 2.05) is 140 Å². The van der Waals surface area contributed by atoms with Crippen LogP contribution in [0.15, 0.2) is 158 Å². The van der Waals surface area contributed by atoms with Crippen LogP contribution in [0, 0.1) is 48.4 Å². The maximum atomic E-state index is 11.9. The standard InChI is InChI=1S/C30H27NO4.C22H15N.C4H8Br2.C3H6O/c1-3-9-25-12-17-28(18-13-25)31(27-10-5-4-6-11-27)29-19-14-26(15-20-29)16-21-30(33)35-23-8-7-22-34-24(2)32;1-3-18-10-14-21(15-11-18)23(20-8-6-5-7-9-20)22-16-12-19(4-2)13-17-22;5-3-1-2-4-6;1-3(2)4/h4-6,10-15,17-20H,7-8,22-23H2,1-2H3;1-2,5-17H;1-4H2;1-2H3/i;;;1D. The topological polar surface area (TPSA) is 76.2 Å². The number of Topliss-reactive ketones (excluding diaryl/α,β-unsaturated/α-hetero) is 1. The van der Waals surface area contributed by atoms with E-state index in [-0.39, 0.29) is 25.3 Å². The van der Waals surface area contributed by atoms with Crippen molar-refractivity contribution in [2.45, 2.75) is 53.4 Å². The lowest BCUT2D eigenvalue weighted by atomic mass is 10.1. The molecule has 0 radical (unpaired) electrons. The Balaban J connectivity index is 0.000000315. The van der Waals surface area contributed by atoms with Crippen LogP contribution in [0.1, 0.15) is 77.0 Å². The van der Waals surface area contributed by atoms with E-state index in [1.54, 1.807) is 0 Å². The molecule has 0 saturated heterocycles. The summed E-state index contributed by atoms with van der Waals surface area (Å²) < 4.78 is 16.2. The van der Waals surface area contributed by atoms with Crippen LogP contribution in [0.4, 0.5) is 34.1 Å². The molecule has 0 aliphatic carbocycles. The molecule has 0 atom stereocenters. The number of terminal acetylenes is 2. The van der Waals surface area contributed by atoms with Gasteiger partial charge in [0.15, 0.2) is 0 Å². The molecule has 0 heterocycles. The van der Waals surface area contributed by atoms with Crippen molar-refractivity contribution in [1.82, 2.24) is 0 Å². The molecule has 0 N–H and O–H groups in total. The molecule has 0 amide bonds. The predicted molar refractivity (Wildman–Crippen MR) is 288 cm³/mol. The molecule has 0 aliphatic heterocycles. The van der Waals surface area contributed by atoms with Crippen molar-refractivity contribution in [1.29, 1.82) is 0 Å². The zero-order valence-electron chi connectivity index (χ0n) is 39.7. The minimum Gasteiger partial charge on any atom is -0.466 e. The maximum absolute atomic E-state index is 11.9. The van der Waals surface area contributed by atoms with Crippen molar-refractivity contribution in [2.75, 3.05) is 33.7 Å². The van der Waals surface area contributed by atoms with Gasteiger partial charge >= 0.3 is 11.9 Å². The molecule has 0 bridgehead atoms. The minimum absolute atomic E-state index is 0.0787. The highest BCUT2D eigenvalue weighted by molar-refractivity contribution is 9.09. The van der Waals surface area contributed by atoms with Crippen LogP contribution in [-0.2, 0) is 23.9 Å². The summed E-state index contributed by atoms with van der Waals surface area (Å²) in [6.45, 7) is 5.06. The average Bonchev–Trinajstić information content (AvgIpc) is 3.38. The fourth-order valence-corrected chi connectivity index (χ4v) is 6.72. The van der Waals surface area contributed by atoms with E-state index in [4.69, 9.17) is 23.7 Å². The molecular weight excluding hydrogens is 976 g/mol. The molecule has 6 aromatic carbocycles. The lowest BCUT2D eigenvalue weighted by molar-refractivity contribution is -0.142. The highest BCUT2D eigenvalue weighted by Crippen LogP contribution is 2.35. The second-order valence-electron chi connectivity index (χ2n) is 14.4. The van der Waals surface area contributed by atoms with Crippen LogP contribution in [0.2, 0.25) is 0 Å². The average molecular weight is 1030 g/mol. The van der Waals surface area contributed by atoms with E-state index in [1.165, 1.54) is 26.7 Å². The summed E-state index contributed by atoms with van der Waals surface area (Å²) in [5.74, 6) is 15.7. The van der Waals surface area contributed by atoms with Crippen molar-refractivity contribution in [3.63, 3.8) is 0 Å². The minimum atomic E-state index is -0.581. The summed E-state index contributed by atoms with van der Waals surface area (Å²) in [7, 11) is 0. The molecule has 9 heteroatoms. The highest BCUT2D eigenvalue weighted by Gasteiger charge is 2.13. The molecule has 7 nitrogen and oxygen atoms in total. The number of esters is 2. The van der Waals surface area contributed by atoms with Gasteiger partial charge in [-0.2, -0.15) is 0 Å². The molecule has 0 fully saturated rings. The molecule has 0 unspecified atom stereocenters. The van der Waals surface area contributed by atoms with Crippen LogP contribution >= 0.6 is 31.9 Å². The summed E-state index contributed by atoms with van der Waals surface area (Å²) in [6, 6.07) is 52.0. The van der Waals surface area contributed by atoms with Crippen molar-refractivity contribution >= 4 is 83.7 Å². The summed E-state index contributed by atoms with van der Waals surface area (Å²) in [5, 5.41) is 2.28. The zero-order valence-corrected chi connectivity index (χ0v) is 41.9. The first kappa shape index (κ1) is 53.3. The second kappa shape index (κ2) is 32.4. The number of rotatable bonds is 14. The molecule has 0 saturated carbocycles. The lowest BCUT2D eigenvalue weighted by Gasteiger charge is -2.25. The van der Waals surface area contributed by atoms with E-state index < -0.39 is 5.97 Å². The SMILES string of the molecule is BrCCCCBr.C#Cc1ccc(N(c2ccccc2)c2ccc(C#C)cc2)cc1.CC#Cc1ccc(N(c2ccccc2)c2ccc(C#CC(=O)OCCCCOC(C)=O)cc2)cc1.[2H]CC(C)=O. The van der Waals surface area contributed by atoms with Gasteiger partial charge in [-0.05, 0) is 168 Å². The Labute approximate surface area is 421 Å². The molecule has 6 aromatic rings. The highest BCUT2D eigenvalue weighted by atomic mass is 79.9. The lowest BCUT2D eigenvalue weighted by Crippen LogP contribution is -2.09. The van der Waals surface area contributed by atoms with Crippen LogP contribution in [0.25, 0.3) is 0 Å². The number of anilines is 6. The number of ether oxygens (including phenoxy) is 2. The van der Waals surface area contributed by atoms with Gasteiger partial charge in [0.1, 0.15) is 5.78 Å². The third-order valence-corrected chi connectivity index (χ3v) is 10.2. The number of halogens is 2. The summed E-state index contributed by atoms with van der Waals surface area (Å²) >= 11 is 6.66. The van der Waals surface area contributed by atoms with E-state index >= 15 is 0 Å². The van der Waals surface area contributed by atoms with Gasteiger partial charge in [-0.3, -0.25) is 4.79 Å². The number of hydrogen-bond donors (Lipinski definition) is 0. The Bertz CT molecular complexity index is 2610. The summed E-state index contributed by atoms with van der Waals surface area (Å²) in [5.41, 5.74) is 9.57. The Hall–Kier alpha value is -7.27. The maximum Gasteiger partial charge on any atom is 0.384 e. The van der Waals surface area contributed by atoms with E-state index in [9.17, 15) is 14.4 Å². The number of carbonyl (C=O) groups excluding carboxylic acids is 3. The third-order valence-electron chi connectivity index (χ3n) is 9.04. The van der Waals surface area contributed by atoms with Gasteiger partial charge in [-0.15, -0.1) is 18.8 Å². The number of hydrogen-bond acceptors (Lipinski definition) is 7. The number of ketones is 1. The number of nitrogens with zero attached hydrogens (tertiary/aromatic N) is 2. The zero-order chi connectivity index (χ0) is 50.1. The van der Waals surface area contributed by atoms with Gasteiger partial charge in [0.2, 0.25) is 0 Å². The second-order valence-corrected chi connectivity index (χ2v) is 16.0. The van der Waals surface area contributed by atoms with Crippen LogP contribution in [-0.4, -0.2) is 41.6 Å². The van der Waals surface area contributed by atoms with Gasteiger partial charge in [0.05, 0.1) is 13.2 Å². The normalized spacial score (nSPS) is 9.60. The first-order valence-electron chi connectivity index (χ1n) is 22.5. The fraction of sp³-hybridized carbons (Fsp3) is 0.203. The number of unbranched alkanes of at least 4 members (excludes halogenated alkanes) is 2. The Kier molecular flexibility index (Phi) is 25.4. The van der Waals surface area contributed by atoms with Crippen LogP contribution in [0.3, 0.4) is 0 Å². The first-order chi connectivity index (χ1) is 33.6. The Morgan fingerprint density at radius 2 is 0.853 bits per heavy atom. The van der Waals surface area contributed by atoms with Gasteiger partial charge in [0, 0.05) is 81.3 Å². The molecule has 346 valence electrons. The molecule has 0 spiro atoms. The third kappa shape index (κ3) is 20.9.